The van der Waals surface area contributed by atoms with Gasteiger partial charge in [-0.1, -0.05) is 0 Å². The van der Waals surface area contributed by atoms with E-state index >= 15 is 0 Å². The number of aromatic nitrogens is 3. The summed E-state index contributed by atoms with van der Waals surface area (Å²) in [5.74, 6) is 0.868. The van der Waals surface area contributed by atoms with Gasteiger partial charge in [0.1, 0.15) is 23.2 Å². The number of hydrogen-bond acceptors (Lipinski definition) is 7. The number of hydrogen-bond donors (Lipinski definition) is 1. The van der Waals surface area contributed by atoms with E-state index in [1.54, 1.807) is 6.20 Å². The number of imidazole rings is 1. The maximum atomic E-state index is 12.0. The van der Waals surface area contributed by atoms with E-state index in [1.165, 1.54) is 0 Å². The highest BCUT2D eigenvalue weighted by Crippen LogP contribution is 2.26. The first kappa shape index (κ1) is 20.7. The van der Waals surface area contributed by atoms with Crippen LogP contribution in [0.1, 0.15) is 46.5 Å². The molecule has 2 aromatic rings. The molecule has 9 heteroatoms. The average molecular weight is 418 g/mol. The summed E-state index contributed by atoms with van der Waals surface area (Å²) in [4.78, 5) is 23.4. The van der Waals surface area contributed by atoms with Crippen molar-refractivity contribution in [2.75, 3.05) is 31.2 Å². The van der Waals surface area contributed by atoms with Crippen LogP contribution < -0.4 is 15.0 Å². The van der Waals surface area contributed by atoms with Gasteiger partial charge in [0, 0.05) is 37.6 Å². The molecule has 4 rings (SSSR count). The SMILES string of the molecule is CC(C)(C)OC(=O)NC1CCC(Oc2nc(N3CCOCC3)cc3nccn23)CC1. The molecule has 30 heavy (non-hydrogen) atoms. The summed E-state index contributed by atoms with van der Waals surface area (Å²) in [5, 5.41) is 2.97. The molecule has 1 saturated carbocycles. The Bertz CT molecular complexity index is 864. The van der Waals surface area contributed by atoms with Crippen LogP contribution in [-0.2, 0) is 9.47 Å². The van der Waals surface area contributed by atoms with Crippen LogP contribution in [0.2, 0.25) is 0 Å². The Hall–Kier alpha value is -2.55. The van der Waals surface area contributed by atoms with E-state index in [1.807, 2.05) is 37.4 Å². The molecule has 2 aliphatic rings. The van der Waals surface area contributed by atoms with Crippen LogP contribution in [0.4, 0.5) is 10.6 Å². The lowest BCUT2D eigenvalue weighted by Gasteiger charge is -2.31. The highest BCUT2D eigenvalue weighted by Gasteiger charge is 2.27. The maximum Gasteiger partial charge on any atom is 0.407 e. The minimum atomic E-state index is -0.488. The second-order valence-corrected chi connectivity index (χ2v) is 8.89. The molecule has 0 aromatic carbocycles. The van der Waals surface area contributed by atoms with Gasteiger partial charge in [-0.2, -0.15) is 4.98 Å². The molecule has 2 aromatic heterocycles. The molecule has 0 atom stereocenters. The summed E-state index contributed by atoms with van der Waals surface area (Å²) in [6.07, 6.45) is 6.72. The van der Waals surface area contributed by atoms with Gasteiger partial charge in [-0.15, -0.1) is 0 Å². The van der Waals surface area contributed by atoms with Crippen LogP contribution in [0.5, 0.6) is 6.01 Å². The first-order chi connectivity index (χ1) is 14.4. The van der Waals surface area contributed by atoms with Gasteiger partial charge in [0.05, 0.1) is 13.2 Å². The van der Waals surface area contributed by atoms with Crippen molar-refractivity contribution >= 4 is 17.6 Å². The topological polar surface area (TPSA) is 90.2 Å². The first-order valence-corrected chi connectivity index (χ1v) is 10.7. The van der Waals surface area contributed by atoms with Crippen LogP contribution >= 0.6 is 0 Å². The predicted molar refractivity (Wildman–Crippen MR) is 112 cm³/mol. The lowest BCUT2D eigenvalue weighted by molar-refractivity contribution is 0.0467. The fraction of sp³-hybridized carbons (Fsp3) is 0.667. The van der Waals surface area contributed by atoms with Crippen molar-refractivity contribution < 1.29 is 19.0 Å². The molecule has 2 fully saturated rings. The standard InChI is InChI=1S/C21H31N5O4/c1-21(2,3)30-20(27)23-15-4-6-16(7-5-15)29-19-24-18(25-10-12-28-13-11-25)14-17-22-8-9-26(17)19/h8-9,14-16H,4-7,10-13H2,1-3H3,(H,23,27). The summed E-state index contributed by atoms with van der Waals surface area (Å²) >= 11 is 0. The highest BCUT2D eigenvalue weighted by molar-refractivity contribution is 5.68. The van der Waals surface area contributed by atoms with Crippen molar-refractivity contribution in [3.63, 3.8) is 0 Å². The molecule has 0 bridgehead atoms. The van der Waals surface area contributed by atoms with Gasteiger partial charge in [0.25, 0.3) is 0 Å². The number of carbonyl (C=O) groups is 1. The lowest BCUT2D eigenvalue weighted by atomic mass is 9.93. The Morgan fingerprint density at radius 1 is 1.20 bits per heavy atom. The van der Waals surface area contributed by atoms with Crippen molar-refractivity contribution in [2.24, 2.45) is 0 Å². The Labute approximate surface area is 176 Å². The maximum absolute atomic E-state index is 12.0. The van der Waals surface area contributed by atoms with Crippen molar-refractivity contribution in [2.45, 2.75) is 64.2 Å². The fourth-order valence-electron chi connectivity index (χ4n) is 3.87. The van der Waals surface area contributed by atoms with Gasteiger partial charge in [-0.05, 0) is 46.5 Å². The van der Waals surface area contributed by atoms with E-state index in [0.717, 1.165) is 50.2 Å². The Morgan fingerprint density at radius 2 is 1.93 bits per heavy atom. The zero-order valence-corrected chi connectivity index (χ0v) is 18.0. The smallest absolute Gasteiger partial charge is 0.407 e. The van der Waals surface area contributed by atoms with Gasteiger partial charge in [-0.25, -0.2) is 9.78 Å². The quantitative estimate of drug-likeness (QED) is 0.818. The molecular formula is C21H31N5O4. The second-order valence-electron chi connectivity index (χ2n) is 8.89. The highest BCUT2D eigenvalue weighted by atomic mass is 16.6. The summed E-state index contributed by atoms with van der Waals surface area (Å²) in [6, 6.07) is 2.66. The van der Waals surface area contributed by atoms with E-state index in [0.29, 0.717) is 19.2 Å². The largest absolute Gasteiger partial charge is 0.461 e. The third-order valence-electron chi connectivity index (χ3n) is 5.35. The number of fused-ring (bicyclic) bond motifs is 1. The third-order valence-corrected chi connectivity index (χ3v) is 5.35. The summed E-state index contributed by atoms with van der Waals surface area (Å²) in [6.45, 7) is 8.62. The Balaban J connectivity index is 1.38. The monoisotopic (exact) mass is 417 g/mol. The van der Waals surface area contributed by atoms with Gasteiger partial charge in [-0.3, -0.25) is 4.40 Å². The van der Waals surface area contributed by atoms with Crippen molar-refractivity contribution in [1.82, 2.24) is 19.7 Å². The molecule has 1 aliphatic heterocycles. The van der Waals surface area contributed by atoms with Crippen LogP contribution in [0, 0.1) is 0 Å². The fourth-order valence-corrected chi connectivity index (χ4v) is 3.87. The summed E-state index contributed by atoms with van der Waals surface area (Å²) in [5.41, 5.74) is 0.333. The summed E-state index contributed by atoms with van der Waals surface area (Å²) in [7, 11) is 0. The number of morpholine rings is 1. The molecule has 1 aliphatic carbocycles. The van der Waals surface area contributed by atoms with E-state index in [4.69, 9.17) is 19.2 Å². The van der Waals surface area contributed by atoms with Gasteiger partial charge in [0.2, 0.25) is 0 Å². The number of carbonyl (C=O) groups excluding carboxylic acids is 1. The molecular weight excluding hydrogens is 386 g/mol. The van der Waals surface area contributed by atoms with Crippen LogP contribution in [0.3, 0.4) is 0 Å². The zero-order chi connectivity index (χ0) is 21.1. The van der Waals surface area contributed by atoms with Crippen LogP contribution in [0.25, 0.3) is 5.65 Å². The lowest BCUT2D eigenvalue weighted by Crippen LogP contribution is -2.42. The number of ether oxygens (including phenoxy) is 3. The zero-order valence-electron chi connectivity index (χ0n) is 18.0. The Morgan fingerprint density at radius 3 is 2.63 bits per heavy atom. The second kappa shape index (κ2) is 8.67. The van der Waals surface area contributed by atoms with Gasteiger partial charge >= 0.3 is 12.1 Å². The van der Waals surface area contributed by atoms with Crippen LogP contribution in [-0.4, -0.2) is 64.5 Å². The number of rotatable bonds is 4. The molecule has 1 amide bonds. The minimum absolute atomic E-state index is 0.0553. The average Bonchev–Trinajstić information content (AvgIpc) is 3.18. The predicted octanol–water partition coefficient (Wildman–Crippen LogP) is 2.78. The van der Waals surface area contributed by atoms with Crippen molar-refractivity contribution in [3.8, 4) is 6.01 Å². The van der Waals surface area contributed by atoms with E-state index < -0.39 is 5.60 Å². The number of nitrogens with zero attached hydrogens (tertiary/aromatic N) is 4. The number of amides is 1. The van der Waals surface area contributed by atoms with Gasteiger partial charge in [0.15, 0.2) is 0 Å². The van der Waals surface area contributed by atoms with Crippen LogP contribution in [0.15, 0.2) is 18.5 Å². The molecule has 0 spiro atoms. The van der Waals surface area contributed by atoms with E-state index in [-0.39, 0.29) is 18.2 Å². The van der Waals surface area contributed by atoms with Gasteiger partial charge < -0.3 is 24.4 Å². The number of alkyl carbamates (subject to hydrolysis) is 1. The molecule has 9 nitrogen and oxygen atoms in total. The molecule has 0 unspecified atom stereocenters. The van der Waals surface area contributed by atoms with E-state index in [2.05, 4.69) is 15.2 Å². The molecule has 1 saturated heterocycles. The van der Waals surface area contributed by atoms with Crippen molar-refractivity contribution in [3.05, 3.63) is 18.5 Å². The molecule has 3 heterocycles. The normalized spacial score (nSPS) is 22.7. The van der Waals surface area contributed by atoms with Crippen molar-refractivity contribution in [1.29, 1.82) is 0 Å². The third kappa shape index (κ3) is 5.13. The summed E-state index contributed by atoms with van der Waals surface area (Å²) < 4.78 is 19.0. The first-order valence-electron chi connectivity index (χ1n) is 10.7. The number of anilines is 1. The minimum Gasteiger partial charge on any atom is -0.461 e. The Kier molecular flexibility index (Phi) is 5.99. The van der Waals surface area contributed by atoms with E-state index in [9.17, 15) is 4.79 Å². The molecule has 0 radical (unpaired) electrons. The molecule has 1 N–H and O–H groups in total. The number of nitrogens with one attached hydrogen (secondary N) is 1. The molecule has 164 valence electrons.